The summed E-state index contributed by atoms with van der Waals surface area (Å²) in [5, 5.41) is 9.02. The van der Waals surface area contributed by atoms with Gasteiger partial charge >= 0.3 is 0 Å². The van der Waals surface area contributed by atoms with Gasteiger partial charge in [-0.15, -0.1) is 0 Å². The van der Waals surface area contributed by atoms with Crippen LogP contribution >= 0.6 is 0 Å². The second kappa shape index (κ2) is 6.30. The SMILES string of the molecule is CCC(CC)N(C)Cc1ccccc1C#N. The molecule has 0 N–H and O–H groups in total. The fraction of sp³-hybridized carbons (Fsp3) is 0.500. The van der Waals surface area contributed by atoms with E-state index in [2.05, 4.69) is 31.9 Å². The van der Waals surface area contributed by atoms with Crippen molar-refractivity contribution >= 4 is 0 Å². The number of rotatable bonds is 5. The normalized spacial score (nSPS) is 10.8. The number of nitriles is 1. The van der Waals surface area contributed by atoms with Crippen LogP contribution in [0.25, 0.3) is 0 Å². The minimum Gasteiger partial charge on any atom is -0.299 e. The summed E-state index contributed by atoms with van der Waals surface area (Å²) in [6, 6.07) is 10.7. The third kappa shape index (κ3) is 3.08. The highest BCUT2D eigenvalue weighted by molar-refractivity contribution is 5.37. The van der Waals surface area contributed by atoms with Gasteiger partial charge in [-0.05, 0) is 31.5 Å². The molecule has 0 unspecified atom stereocenters. The molecule has 0 radical (unpaired) electrons. The van der Waals surface area contributed by atoms with Crippen LogP contribution in [-0.4, -0.2) is 18.0 Å². The maximum Gasteiger partial charge on any atom is 0.0995 e. The molecular formula is C14H20N2. The molecule has 0 aliphatic heterocycles. The van der Waals surface area contributed by atoms with Crippen LogP contribution in [0.3, 0.4) is 0 Å². The van der Waals surface area contributed by atoms with Crippen LogP contribution in [0, 0.1) is 11.3 Å². The minimum atomic E-state index is 0.603. The van der Waals surface area contributed by atoms with Gasteiger partial charge < -0.3 is 0 Å². The van der Waals surface area contributed by atoms with Gasteiger partial charge in [0, 0.05) is 12.6 Å². The molecular weight excluding hydrogens is 196 g/mol. The quantitative estimate of drug-likeness (QED) is 0.756. The number of nitrogens with zero attached hydrogens (tertiary/aromatic N) is 2. The summed E-state index contributed by atoms with van der Waals surface area (Å²) in [6.07, 6.45) is 2.31. The van der Waals surface area contributed by atoms with E-state index in [0.29, 0.717) is 6.04 Å². The second-order valence-electron chi connectivity index (χ2n) is 4.15. The smallest absolute Gasteiger partial charge is 0.0995 e. The second-order valence-corrected chi connectivity index (χ2v) is 4.15. The highest BCUT2D eigenvalue weighted by Crippen LogP contribution is 2.14. The molecule has 0 aliphatic rings. The molecule has 1 rings (SSSR count). The van der Waals surface area contributed by atoms with Crippen LogP contribution < -0.4 is 0 Å². The van der Waals surface area contributed by atoms with E-state index in [1.54, 1.807) is 0 Å². The van der Waals surface area contributed by atoms with Crippen molar-refractivity contribution in [2.24, 2.45) is 0 Å². The summed E-state index contributed by atoms with van der Waals surface area (Å²) in [5.74, 6) is 0. The molecule has 0 amide bonds. The van der Waals surface area contributed by atoms with Crippen LogP contribution in [0.15, 0.2) is 24.3 Å². The first kappa shape index (κ1) is 12.7. The molecule has 0 heterocycles. The van der Waals surface area contributed by atoms with Gasteiger partial charge in [0.1, 0.15) is 0 Å². The first-order chi connectivity index (χ1) is 7.72. The molecule has 86 valence electrons. The van der Waals surface area contributed by atoms with Crippen molar-refractivity contribution in [2.45, 2.75) is 39.3 Å². The number of benzene rings is 1. The van der Waals surface area contributed by atoms with Crippen LogP contribution in [-0.2, 0) is 6.54 Å². The summed E-state index contributed by atoms with van der Waals surface area (Å²) in [5.41, 5.74) is 1.92. The molecule has 2 nitrogen and oxygen atoms in total. The summed E-state index contributed by atoms with van der Waals surface area (Å²) in [7, 11) is 2.13. The minimum absolute atomic E-state index is 0.603. The third-order valence-corrected chi connectivity index (χ3v) is 3.12. The summed E-state index contributed by atoms with van der Waals surface area (Å²) in [4.78, 5) is 2.33. The third-order valence-electron chi connectivity index (χ3n) is 3.12. The number of hydrogen-bond donors (Lipinski definition) is 0. The van der Waals surface area contributed by atoms with Gasteiger partial charge in [-0.25, -0.2) is 0 Å². The molecule has 0 saturated carbocycles. The summed E-state index contributed by atoms with van der Waals surface area (Å²) < 4.78 is 0. The maximum atomic E-state index is 9.02. The van der Waals surface area contributed by atoms with E-state index >= 15 is 0 Å². The summed E-state index contributed by atoms with van der Waals surface area (Å²) in [6.45, 7) is 5.28. The molecule has 0 aliphatic carbocycles. The molecule has 2 heteroatoms. The molecule has 0 aromatic heterocycles. The Kier molecular flexibility index (Phi) is 5.01. The Balaban J connectivity index is 2.76. The fourth-order valence-corrected chi connectivity index (χ4v) is 2.08. The van der Waals surface area contributed by atoms with Gasteiger partial charge in [-0.2, -0.15) is 5.26 Å². The molecule has 0 bridgehead atoms. The zero-order chi connectivity index (χ0) is 12.0. The van der Waals surface area contributed by atoms with Gasteiger partial charge in [-0.3, -0.25) is 4.90 Å². The lowest BCUT2D eigenvalue weighted by molar-refractivity contribution is 0.221. The van der Waals surface area contributed by atoms with Gasteiger partial charge in [0.25, 0.3) is 0 Å². The van der Waals surface area contributed by atoms with E-state index in [4.69, 9.17) is 5.26 Å². The Morgan fingerprint density at radius 1 is 1.25 bits per heavy atom. The molecule has 1 aromatic rings. The van der Waals surface area contributed by atoms with E-state index in [9.17, 15) is 0 Å². The van der Waals surface area contributed by atoms with E-state index < -0.39 is 0 Å². The highest BCUT2D eigenvalue weighted by Gasteiger charge is 2.12. The maximum absolute atomic E-state index is 9.02. The molecule has 16 heavy (non-hydrogen) atoms. The van der Waals surface area contributed by atoms with Gasteiger partial charge in [0.2, 0.25) is 0 Å². The van der Waals surface area contributed by atoms with Crippen LogP contribution in [0.2, 0.25) is 0 Å². The van der Waals surface area contributed by atoms with Gasteiger partial charge in [0.05, 0.1) is 11.6 Å². The highest BCUT2D eigenvalue weighted by atomic mass is 15.1. The predicted octanol–water partition coefficient (Wildman–Crippen LogP) is 3.18. The van der Waals surface area contributed by atoms with Crippen molar-refractivity contribution in [1.82, 2.24) is 4.90 Å². The Hall–Kier alpha value is -1.33. The predicted molar refractivity (Wildman–Crippen MR) is 67.0 cm³/mol. The topological polar surface area (TPSA) is 27.0 Å². The van der Waals surface area contributed by atoms with E-state index in [-0.39, 0.29) is 0 Å². The Morgan fingerprint density at radius 2 is 1.88 bits per heavy atom. The van der Waals surface area contributed by atoms with Crippen LogP contribution in [0.5, 0.6) is 0 Å². The van der Waals surface area contributed by atoms with Crippen molar-refractivity contribution in [3.8, 4) is 6.07 Å². The first-order valence-corrected chi connectivity index (χ1v) is 5.91. The van der Waals surface area contributed by atoms with Crippen molar-refractivity contribution in [1.29, 1.82) is 5.26 Å². The monoisotopic (exact) mass is 216 g/mol. The van der Waals surface area contributed by atoms with Gasteiger partial charge in [-0.1, -0.05) is 32.0 Å². The first-order valence-electron chi connectivity index (χ1n) is 5.91. The Labute approximate surface area is 98.5 Å². The standard InChI is InChI=1S/C14H20N2/c1-4-14(5-2)16(3)11-13-9-7-6-8-12(13)10-15/h6-9,14H,4-5,11H2,1-3H3. The number of hydrogen-bond acceptors (Lipinski definition) is 2. The lowest BCUT2D eigenvalue weighted by Gasteiger charge is -2.26. The van der Waals surface area contributed by atoms with Crippen LogP contribution in [0.1, 0.15) is 37.8 Å². The molecule has 0 atom stereocenters. The van der Waals surface area contributed by atoms with E-state index in [0.717, 1.165) is 30.5 Å². The molecule has 0 fully saturated rings. The largest absolute Gasteiger partial charge is 0.299 e. The molecule has 0 saturated heterocycles. The average molecular weight is 216 g/mol. The van der Waals surface area contributed by atoms with Gasteiger partial charge in [0.15, 0.2) is 0 Å². The Bertz CT molecular complexity index is 361. The summed E-state index contributed by atoms with van der Waals surface area (Å²) >= 11 is 0. The van der Waals surface area contributed by atoms with Crippen molar-refractivity contribution in [3.63, 3.8) is 0 Å². The van der Waals surface area contributed by atoms with E-state index in [1.807, 2.05) is 24.3 Å². The zero-order valence-corrected chi connectivity index (χ0v) is 10.4. The van der Waals surface area contributed by atoms with E-state index in [1.165, 1.54) is 0 Å². The lowest BCUT2D eigenvalue weighted by atomic mass is 10.1. The van der Waals surface area contributed by atoms with Crippen molar-refractivity contribution in [2.75, 3.05) is 7.05 Å². The lowest BCUT2D eigenvalue weighted by Crippen LogP contribution is -2.30. The zero-order valence-electron chi connectivity index (χ0n) is 10.4. The average Bonchev–Trinajstić information content (AvgIpc) is 2.31. The van der Waals surface area contributed by atoms with Crippen molar-refractivity contribution < 1.29 is 0 Å². The Morgan fingerprint density at radius 3 is 2.44 bits per heavy atom. The molecule has 0 spiro atoms. The van der Waals surface area contributed by atoms with Crippen LogP contribution in [0.4, 0.5) is 0 Å². The van der Waals surface area contributed by atoms with Crippen molar-refractivity contribution in [3.05, 3.63) is 35.4 Å². The molecule has 1 aromatic carbocycles. The fourth-order valence-electron chi connectivity index (χ4n) is 2.08.